The Morgan fingerprint density at radius 3 is 1.96 bits per heavy atom. The van der Waals surface area contributed by atoms with Crippen molar-refractivity contribution in [3.63, 3.8) is 0 Å². The molecule has 0 bridgehead atoms. The van der Waals surface area contributed by atoms with Crippen LogP contribution in [0.15, 0.2) is 0 Å². The molecule has 0 aliphatic carbocycles. The minimum Gasteiger partial charge on any atom is -0.394 e. The van der Waals surface area contributed by atoms with Gasteiger partial charge in [0.05, 0.1) is 30.7 Å². The topological polar surface area (TPSA) is 169 Å². The van der Waals surface area contributed by atoms with Gasteiger partial charge >= 0.3 is 0 Å². The summed E-state index contributed by atoms with van der Waals surface area (Å²) in [5.41, 5.74) is -1.12. The zero-order valence-corrected chi connectivity index (χ0v) is 13.8. The quantitative estimate of drug-likeness (QED) is 0.251. The van der Waals surface area contributed by atoms with Gasteiger partial charge in [0, 0.05) is 7.11 Å². The van der Waals surface area contributed by atoms with Crippen molar-refractivity contribution in [2.24, 2.45) is 0 Å². The number of rotatable bonds is 5. The van der Waals surface area contributed by atoms with Crippen LogP contribution in [0.2, 0.25) is 0 Å². The number of methoxy groups -OCH3 is 1. The van der Waals surface area contributed by atoms with Gasteiger partial charge in [-0.25, -0.2) is 0 Å². The first-order valence-electron chi connectivity index (χ1n) is 7.46. The molecule has 0 aromatic carbocycles. The first kappa shape index (κ1) is 20.3. The van der Waals surface area contributed by atoms with Gasteiger partial charge in [0.15, 0.2) is 6.29 Å². The number of aliphatic hydroxyl groups is 7. The lowest BCUT2D eigenvalue weighted by atomic mass is 10.0. The van der Waals surface area contributed by atoms with Crippen molar-refractivity contribution < 1.29 is 50.0 Å². The SMILES string of the molecule is CO[C@H]1O[C@H](CO)[C@@H](S[C@H]2O[C@H](CO)[C@@H](O)[C@H](O)[C@H]2O)[C@H](O)[C@H]1O. The molecule has 10 atom stereocenters. The fourth-order valence-electron chi connectivity index (χ4n) is 2.75. The highest BCUT2D eigenvalue weighted by Crippen LogP contribution is 2.37. The fourth-order valence-corrected chi connectivity index (χ4v) is 4.24. The predicted octanol–water partition coefficient (Wildman–Crippen LogP) is -4.03. The molecule has 0 spiro atoms. The summed E-state index contributed by atoms with van der Waals surface area (Å²) < 4.78 is 15.6. The van der Waals surface area contributed by atoms with Crippen molar-refractivity contribution in [1.82, 2.24) is 0 Å². The van der Waals surface area contributed by atoms with Gasteiger partial charge < -0.3 is 50.0 Å². The van der Waals surface area contributed by atoms with Crippen molar-refractivity contribution in [1.29, 1.82) is 0 Å². The molecule has 0 aromatic rings. The molecule has 2 saturated heterocycles. The lowest BCUT2D eigenvalue weighted by Gasteiger charge is -2.45. The molecule has 24 heavy (non-hydrogen) atoms. The van der Waals surface area contributed by atoms with Crippen molar-refractivity contribution in [3.8, 4) is 0 Å². The standard InChI is InChI=1S/C13H24O10S/c1-21-12-9(19)8(18)11(5(3-15)22-12)24-13-10(20)7(17)6(16)4(2-14)23-13/h4-20H,2-3H2,1H3/t4-,5-,6-,7+,8-,9-,10-,11-,12+,13-/m1/s1. The van der Waals surface area contributed by atoms with Crippen LogP contribution >= 0.6 is 11.8 Å². The molecule has 2 heterocycles. The second-order valence-corrected chi connectivity index (χ2v) is 7.02. The van der Waals surface area contributed by atoms with Crippen molar-refractivity contribution in [2.75, 3.05) is 20.3 Å². The number of hydrogen-bond acceptors (Lipinski definition) is 11. The van der Waals surface area contributed by atoms with Crippen molar-refractivity contribution in [2.45, 2.75) is 59.7 Å². The molecule has 2 aliphatic heterocycles. The number of ether oxygens (including phenoxy) is 3. The van der Waals surface area contributed by atoms with Crippen molar-refractivity contribution >= 4 is 11.8 Å². The summed E-state index contributed by atoms with van der Waals surface area (Å²) in [6.07, 6.45) is -10.4. The molecule has 2 rings (SSSR count). The Bertz CT molecular complexity index is 397. The fraction of sp³-hybridized carbons (Fsp3) is 1.00. The summed E-state index contributed by atoms with van der Waals surface area (Å²) in [4.78, 5) is 0. The summed E-state index contributed by atoms with van der Waals surface area (Å²) in [7, 11) is 1.28. The molecular formula is C13H24O10S. The van der Waals surface area contributed by atoms with E-state index in [1.165, 1.54) is 7.11 Å². The van der Waals surface area contributed by atoms with Crippen LogP contribution < -0.4 is 0 Å². The van der Waals surface area contributed by atoms with E-state index in [1.54, 1.807) is 0 Å². The molecule has 0 saturated carbocycles. The van der Waals surface area contributed by atoms with Gasteiger partial charge in [0.1, 0.15) is 36.0 Å². The largest absolute Gasteiger partial charge is 0.394 e. The average molecular weight is 372 g/mol. The van der Waals surface area contributed by atoms with E-state index in [2.05, 4.69) is 0 Å². The molecule has 0 unspecified atom stereocenters. The Morgan fingerprint density at radius 1 is 0.792 bits per heavy atom. The van der Waals surface area contributed by atoms with E-state index in [-0.39, 0.29) is 0 Å². The maximum atomic E-state index is 10.3. The van der Waals surface area contributed by atoms with Crippen LogP contribution in [0, 0.1) is 0 Å². The second kappa shape index (κ2) is 8.56. The second-order valence-electron chi connectivity index (χ2n) is 5.74. The number of aliphatic hydroxyl groups excluding tert-OH is 7. The van der Waals surface area contributed by atoms with Crippen molar-refractivity contribution in [3.05, 3.63) is 0 Å². The summed E-state index contributed by atoms with van der Waals surface area (Å²) in [6.45, 7) is -1.07. The molecule has 2 aliphatic rings. The Hall–Kier alpha value is -0.0500. The first-order valence-corrected chi connectivity index (χ1v) is 8.41. The highest BCUT2D eigenvalue weighted by molar-refractivity contribution is 8.00. The van der Waals surface area contributed by atoms with Crippen LogP contribution in [0.4, 0.5) is 0 Å². The average Bonchev–Trinajstić information content (AvgIpc) is 2.59. The van der Waals surface area contributed by atoms with Crippen LogP contribution in [0.3, 0.4) is 0 Å². The predicted molar refractivity (Wildman–Crippen MR) is 79.9 cm³/mol. The van der Waals surface area contributed by atoms with Crippen LogP contribution in [0.1, 0.15) is 0 Å². The van der Waals surface area contributed by atoms with Gasteiger partial charge in [-0.15, -0.1) is 11.8 Å². The smallest absolute Gasteiger partial charge is 0.186 e. The highest BCUT2D eigenvalue weighted by atomic mass is 32.2. The third kappa shape index (κ3) is 3.86. The third-order valence-corrected chi connectivity index (χ3v) is 5.75. The van der Waals surface area contributed by atoms with E-state index in [9.17, 15) is 35.7 Å². The van der Waals surface area contributed by atoms with Gasteiger partial charge in [-0.2, -0.15) is 0 Å². The maximum absolute atomic E-state index is 10.3. The molecule has 2 fully saturated rings. The van der Waals surface area contributed by atoms with E-state index in [4.69, 9.17) is 14.2 Å². The van der Waals surface area contributed by atoms with Gasteiger partial charge in [-0.3, -0.25) is 0 Å². The van der Waals surface area contributed by atoms with Crippen LogP contribution in [0.5, 0.6) is 0 Å². The number of thioether (sulfide) groups is 1. The highest BCUT2D eigenvalue weighted by Gasteiger charge is 2.50. The molecule has 0 aromatic heterocycles. The third-order valence-electron chi connectivity index (χ3n) is 4.19. The van der Waals surface area contributed by atoms with Gasteiger partial charge in [0.2, 0.25) is 0 Å². The van der Waals surface area contributed by atoms with E-state index in [0.29, 0.717) is 0 Å². The molecule has 11 heteroatoms. The van der Waals surface area contributed by atoms with E-state index in [0.717, 1.165) is 11.8 Å². The molecule has 10 nitrogen and oxygen atoms in total. The van der Waals surface area contributed by atoms with Gasteiger partial charge in [0.25, 0.3) is 0 Å². The zero-order valence-electron chi connectivity index (χ0n) is 13.0. The summed E-state index contributed by atoms with van der Waals surface area (Å²) in [5, 5.41) is 67.6. The van der Waals surface area contributed by atoms with E-state index < -0.39 is 72.9 Å². The first-order chi connectivity index (χ1) is 11.3. The van der Waals surface area contributed by atoms with Crippen LogP contribution in [-0.2, 0) is 14.2 Å². The maximum Gasteiger partial charge on any atom is 0.186 e. The summed E-state index contributed by atoms with van der Waals surface area (Å²) in [6, 6.07) is 0. The molecular weight excluding hydrogens is 348 g/mol. The molecule has 0 radical (unpaired) electrons. The summed E-state index contributed by atoms with van der Waals surface area (Å²) >= 11 is 0.827. The Balaban J connectivity index is 2.12. The summed E-state index contributed by atoms with van der Waals surface area (Å²) in [5.74, 6) is 0. The molecule has 7 N–H and O–H groups in total. The number of hydrogen-bond donors (Lipinski definition) is 7. The Kier molecular flexibility index (Phi) is 7.22. The van der Waals surface area contributed by atoms with E-state index in [1.807, 2.05) is 0 Å². The van der Waals surface area contributed by atoms with Gasteiger partial charge in [-0.05, 0) is 0 Å². The Labute approximate surface area is 142 Å². The van der Waals surface area contributed by atoms with E-state index >= 15 is 0 Å². The van der Waals surface area contributed by atoms with Crippen LogP contribution in [-0.4, -0.2) is 116 Å². The normalized spacial score (nSPS) is 50.0. The van der Waals surface area contributed by atoms with Gasteiger partial charge in [-0.1, -0.05) is 0 Å². The van der Waals surface area contributed by atoms with Crippen LogP contribution in [0.25, 0.3) is 0 Å². The minimum absolute atomic E-state index is 0.487. The monoisotopic (exact) mass is 372 g/mol. The Morgan fingerprint density at radius 2 is 1.42 bits per heavy atom. The lowest BCUT2D eigenvalue weighted by Crippen LogP contribution is -2.61. The minimum atomic E-state index is -1.56. The molecule has 0 amide bonds. The molecule has 142 valence electrons. The zero-order chi connectivity index (χ0) is 18.0. The lowest BCUT2D eigenvalue weighted by molar-refractivity contribution is -0.260.